The fourth-order valence-electron chi connectivity index (χ4n) is 4.29. The molecule has 0 bridgehead atoms. The molecular weight excluding hydrogens is 478 g/mol. The lowest BCUT2D eigenvalue weighted by Gasteiger charge is -2.26. The molecule has 1 aromatic carbocycles. The van der Waals surface area contributed by atoms with E-state index in [4.69, 9.17) is 0 Å². The molecule has 1 unspecified atom stereocenters. The van der Waals surface area contributed by atoms with Gasteiger partial charge in [-0.2, -0.15) is 21.6 Å². The fraction of sp³-hybridized carbons (Fsp3) is 0.550. The standard InChI is InChI=1S/C20H20F6N2O4S/c1-3-19(23)6-7-27(9-19)18-10(2)17-14(15(21)16(18)22)12(32-33(30,31)20(24,25)26)8-13(29)28(17)11-4-5-11/h8,11H,3-7,9H2,1-2H3. The summed E-state index contributed by atoms with van der Waals surface area (Å²) in [6, 6.07) is -0.00960. The van der Waals surface area contributed by atoms with Crippen LogP contribution in [-0.4, -0.2) is 37.3 Å². The SMILES string of the molecule is CCC1(F)CCN(c2c(F)c(F)c3c(OS(=O)(=O)C(F)(F)F)cc(=O)n(C4CC4)c3c2C)C1. The largest absolute Gasteiger partial charge is 0.534 e. The number of aromatic nitrogens is 1. The summed E-state index contributed by atoms with van der Waals surface area (Å²) in [7, 11) is -6.26. The quantitative estimate of drug-likeness (QED) is 0.346. The predicted molar refractivity (Wildman–Crippen MR) is 108 cm³/mol. The van der Waals surface area contributed by atoms with Crippen molar-refractivity contribution in [3.05, 3.63) is 33.6 Å². The zero-order valence-electron chi connectivity index (χ0n) is 17.6. The van der Waals surface area contributed by atoms with Crippen LogP contribution in [0.25, 0.3) is 10.9 Å². The smallest absolute Gasteiger partial charge is 0.375 e. The number of aryl methyl sites for hydroxylation is 1. The van der Waals surface area contributed by atoms with Gasteiger partial charge in [0.15, 0.2) is 17.4 Å². The van der Waals surface area contributed by atoms with Crippen LogP contribution in [0.15, 0.2) is 10.9 Å². The van der Waals surface area contributed by atoms with Crippen molar-refractivity contribution in [1.82, 2.24) is 4.57 Å². The second-order valence-corrected chi connectivity index (χ2v) is 9.97. The van der Waals surface area contributed by atoms with Gasteiger partial charge in [0, 0.05) is 30.6 Å². The second kappa shape index (κ2) is 7.54. The van der Waals surface area contributed by atoms with Crippen LogP contribution >= 0.6 is 0 Å². The van der Waals surface area contributed by atoms with E-state index in [0.717, 1.165) is 4.57 Å². The zero-order chi connectivity index (χ0) is 24.5. The molecule has 0 spiro atoms. The summed E-state index contributed by atoms with van der Waals surface area (Å²) in [6.45, 7) is 2.76. The van der Waals surface area contributed by atoms with Crippen molar-refractivity contribution in [2.24, 2.45) is 0 Å². The van der Waals surface area contributed by atoms with Crippen LogP contribution in [0.3, 0.4) is 0 Å². The van der Waals surface area contributed by atoms with Gasteiger partial charge < -0.3 is 13.7 Å². The van der Waals surface area contributed by atoms with E-state index in [1.807, 2.05) is 0 Å². The molecule has 2 aromatic rings. The molecule has 1 aliphatic heterocycles. The molecule has 2 heterocycles. The Morgan fingerprint density at radius 2 is 1.85 bits per heavy atom. The van der Waals surface area contributed by atoms with Crippen LogP contribution in [0.5, 0.6) is 5.75 Å². The Kier molecular flexibility index (Phi) is 5.42. The molecule has 0 radical (unpaired) electrons. The summed E-state index contributed by atoms with van der Waals surface area (Å²) >= 11 is 0. The maximum Gasteiger partial charge on any atom is 0.534 e. The topological polar surface area (TPSA) is 68.6 Å². The van der Waals surface area contributed by atoms with Gasteiger partial charge in [0.1, 0.15) is 5.67 Å². The van der Waals surface area contributed by atoms with Crippen molar-refractivity contribution < 1.29 is 38.9 Å². The average molecular weight is 498 g/mol. The van der Waals surface area contributed by atoms with Gasteiger partial charge in [-0.1, -0.05) is 6.92 Å². The number of hydrogen-bond acceptors (Lipinski definition) is 5. The molecule has 4 rings (SSSR count). The minimum absolute atomic E-state index is 0.0249. The molecule has 1 saturated heterocycles. The highest BCUT2D eigenvalue weighted by Crippen LogP contribution is 2.45. The number of nitrogens with zero attached hydrogens (tertiary/aromatic N) is 2. The molecule has 1 aromatic heterocycles. The van der Waals surface area contributed by atoms with Crippen LogP contribution in [-0.2, 0) is 10.1 Å². The first kappa shape index (κ1) is 23.7. The van der Waals surface area contributed by atoms with Gasteiger partial charge in [0.2, 0.25) is 0 Å². The summed E-state index contributed by atoms with van der Waals surface area (Å²) in [5.41, 5.74) is -9.03. The van der Waals surface area contributed by atoms with Gasteiger partial charge in [-0.25, -0.2) is 13.2 Å². The van der Waals surface area contributed by atoms with E-state index >= 15 is 8.78 Å². The van der Waals surface area contributed by atoms with E-state index < -0.39 is 55.7 Å². The molecule has 182 valence electrons. The van der Waals surface area contributed by atoms with Gasteiger partial charge in [-0.15, -0.1) is 0 Å². The first-order valence-corrected chi connectivity index (χ1v) is 11.6. The van der Waals surface area contributed by atoms with Crippen LogP contribution in [0.2, 0.25) is 0 Å². The van der Waals surface area contributed by atoms with Crippen molar-refractivity contribution >= 4 is 26.7 Å². The predicted octanol–water partition coefficient (Wildman–Crippen LogP) is 4.48. The van der Waals surface area contributed by atoms with E-state index in [0.29, 0.717) is 18.9 Å². The number of pyridine rings is 1. The van der Waals surface area contributed by atoms with Crippen LogP contribution in [0.4, 0.5) is 32.0 Å². The first-order valence-electron chi connectivity index (χ1n) is 10.2. The van der Waals surface area contributed by atoms with Crippen LogP contribution in [0.1, 0.15) is 44.2 Å². The molecule has 0 N–H and O–H groups in total. The van der Waals surface area contributed by atoms with Gasteiger partial charge in [-0.05, 0) is 26.2 Å². The third-order valence-corrected chi connectivity index (χ3v) is 7.16. The lowest BCUT2D eigenvalue weighted by atomic mass is 10.0. The first-order chi connectivity index (χ1) is 15.2. The number of benzene rings is 1. The number of fused-ring (bicyclic) bond motifs is 1. The molecule has 2 aliphatic rings. The third kappa shape index (κ3) is 3.83. The zero-order valence-corrected chi connectivity index (χ0v) is 18.4. The summed E-state index contributed by atoms with van der Waals surface area (Å²) in [6.07, 6.45) is 1.22. The Morgan fingerprint density at radius 1 is 1.21 bits per heavy atom. The Bertz CT molecular complexity index is 1300. The lowest BCUT2D eigenvalue weighted by molar-refractivity contribution is -0.0499. The molecule has 2 fully saturated rings. The number of halogens is 6. The van der Waals surface area contributed by atoms with Gasteiger partial charge >= 0.3 is 15.6 Å². The van der Waals surface area contributed by atoms with Crippen molar-refractivity contribution in [2.75, 3.05) is 18.0 Å². The molecular formula is C20H20F6N2O4S. The monoisotopic (exact) mass is 498 g/mol. The normalized spacial score (nSPS) is 21.8. The molecule has 33 heavy (non-hydrogen) atoms. The number of hydrogen-bond donors (Lipinski definition) is 0. The van der Waals surface area contributed by atoms with E-state index in [2.05, 4.69) is 4.18 Å². The van der Waals surface area contributed by atoms with Gasteiger partial charge in [0.25, 0.3) is 5.56 Å². The second-order valence-electron chi connectivity index (χ2n) is 8.43. The van der Waals surface area contributed by atoms with E-state index in [1.54, 1.807) is 6.92 Å². The fourth-order valence-corrected chi connectivity index (χ4v) is 4.75. The van der Waals surface area contributed by atoms with E-state index in [1.165, 1.54) is 11.8 Å². The third-order valence-electron chi connectivity index (χ3n) is 6.20. The highest BCUT2D eigenvalue weighted by Gasteiger charge is 2.49. The molecule has 6 nitrogen and oxygen atoms in total. The maximum absolute atomic E-state index is 15.3. The molecule has 1 aliphatic carbocycles. The van der Waals surface area contributed by atoms with Gasteiger partial charge in [-0.3, -0.25) is 4.79 Å². The average Bonchev–Trinajstić information content (AvgIpc) is 3.46. The van der Waals surface area contributed by atoms with Gasteiger partial charge in [0.05, 0.1) is 23.1 Å². The molecule has 1 saturated carbocycles. The summed E-state index contributed by atoms with van der Waals surface area (Å²) in [4.78, 5) is 14.0. The van der Waals surface area contributed by atoms with Crippen molar-refractivity contribution in [3.63, 3.8) is 0 Å². The minimum atomic E-state index is -6.26. The van der Waals surface area contributed by atoms with E-state index in [-0.39, 0.29) is 42.7 Å². The molecule has 1 atom stereocenters. The molecule has 13 heteroatoms. The maximum atomic E-state index is 15.3. The Balaban J connectivity index is 2.01. The summed E-state index contributed by atoms with van der Waals surface area (Å²) in [5, 5.41) is -0.894. The van der Waals surface area contributed by atoms with Crippen molar-refractivity contribution in [1.29, 1.82) is 0 Å². The minimum Gasteiger partial charge on any atom is -0.375 e. The van der Waals surface area contributed by atoms with Crippen LogP contribution in [0, 0.1) is 18.6 Å². The molecule has 0 amide bonds. The lowest BCUT2D eigenvalue weighted by Crippen LogP contribution is -2.31. The summed E-state index contributed by atoms with van der Waals surface area (Å²) in [5.74, 6) is -4.43. The van der Waals surface area contributed by atoms with Crippen molar-refractivity contribution in [2.45, 2.75) is 56.7 Å². The van der Waals surface area contributed by atoms with Crippen molar-refractivity contribution in [3.8, 4) is 5.75 Å². The van der Waals surface area contributed by atoms with Crippen LogP contribution < -0.4 is 14.6 Å². The number of anilines is 1. The Hall–Kier alpha value is -2.44. The summed E-state index contributed by atoms with van der Waals surface area (Å²) < 4.78 is 112. The number of rotatable bonds is 5. The highest BCUT2D eigenvalue weighted by atomic mass is 32.2. The van der Waals surface area contributed by atoms with E-state index in [9.17, 15) is 30.8 Å². The highest BCUT2D eigenvalue weighted by molar-refractivity contribution is 7.88. The Labute approximate surface area is 184 Å². The number of alkyl halides is 4. The Morgan fingerprint density at radius 3 is 2.36 bits per heavy atom.